The lowest BCUT2D eigenvalue weighted by molar-refractivity contribution is 0.413. The summed E-state index contributed by atoms with van der Waals surface area (Å²) in [6, 6.07) is 10.3. The third-order valence-electron chi connectivity index (χ3n) is 4.42. The van der Waals surface area contributed by atoms with Gasteiger partial charge in [-0.3, -0.25) is 0 Å². The zero-order chi connectivity index (χ0) is 16.5. The number of hydrogen-bond acceptors (Lipinski definition) is 6. The zero-order valence-corrected chi connectivity index (χ0v) is 13.9. The van der Waals surface area contributed by atoms with E-state index in [0.717, 1.165) is 54.6 Å². The molecule has 1 aromatic carbocycles. The highest BCUT2D eigenvalue weighted by Gasteiger charge is 2.22. The van der Waals surface area contributed by atoms with Crippen LogP contribution in [0.5, 0.6) is 5.75 Å². The molecule has 0 N–H and O–H groups in total. The Labute approximate surface area is 140 Å². The van der Waals surface area contributed by atoms with Crippen LogP contribution in [0.3, 0.4) is 0 Å². The molecule has 1 aliphatic rings. The third kappa shape index (κ3) is 2.51. The first kappa shape index (κ1) is 14.7. The molecule has 3 aromatic rings. The Kier molecular flexibility index (Phi) is 3.68. The number of fused-ring (bicyclic) bond motifs is 1. The Morgan fingerprint density at radius 1 is 1.00 bits per heavy atom. The van der Waals surface area contributed by atoms with Crippen LogP contribution in [-0.2, 0) is 0 Å². The van der Waals surface area contributed by atoms with Crippen LogP contribution in [0.15, 0.2) is 36.7 Å². The van der Waals surface area contributed by atoms with Gasteiger partial charge in [-0.25, -0.2) is 0 Å². The van der Waals surface area contributed by atoms with Gasteiger partial charge in [-0.1, -0.05) is 12.1 Å². The average Bonchev–Trinajstić information content (AvgIpc) is 3.09. The summed E-state index contributed by atoms with van der Waals surface area (Å²) in [6.07, 6.45) is 1.65. The highest BCUT2D eigenvalue weighted by atomic mass is 16.5. The van der Waals surface area contributed by atoms with E-state index in [1.54, 1.807) is 18.0 Å². The van der Waals surface area contributed by atoms with E-state index < -0.39 is 0 Å². The summed E-state index contributed by atoms with van der Waals surface area (Å²) in [7, 11) is 1.72. The highest BCUT2D eigenvalue weighted by Crippen LogP contribution is 2.29. The quantitative estimate of drug-likeness (QED) is 0.732. The van der Waals surface area contributed by atoms with E-state index in [2.05, 4.69) is 43.3 Å². The minimum Gasteiger partial charge on any atom is -0.495 e. The van der Waals surface area contributed by atoms with Gasteiger partial charge in [0.15, 0.2) is 0 Å². The van der Waals surface area contributed by atoms with Gasteiger partial charge in [0.1, 0.15) is 12.1 Å². The molecule has 0 bridgehead atoms. The fraction of sp³-hybridized carbons (Fsp3) is 0.353. The molecule has 0 amide bonds. The minimum absolute atomic E-state index is 0.811. The van der Waals surface area contributed by atoms with Crippen LogP contribution in [-0.4, -0.2) is 53.1 Å². The van der Waals surface area contributed by atoms with Crippen LogP contribution in [0.25, 0.3) is 5.65 Å². The zero-order valence-electron chi connectivity index (χ0n) is 13.9. The van der Waals surface area contributed by atoms with Gasteiger partial charge in [-0.05, 0) is 25.1 Å². The number of para-hydroxylation sites is 2. The van der Waals surface area contributed by atoms with Crippen LogP contribution < -0.4 is 14.5 Å². The van der Waals surface area contributed by atoms with Crippen molar-refractivity contribution in [2.24, 2.45) is 0 Å². The molecule has 1 saturated heterocycles. The fourth-order valence-corrected chi connectivity index (χ4v) is 3.24. The van der Waals surface area contributed by atoms with Crippen molar-refractivity contribution in [3.8, 4) is 5.75 Å². The number of piperazine rings is 1. The summed E-state index contributed by atoms with van der Waals surface area (Å²) in [5, 5.41) is 12.6. The summed E-state index contributed by atoms with van der Waals surface area (Å²) < 4.78 is 7.24. The molecule has 4 rings (SSSR count). The summed E-state index contributed by atoms with van der Waals surface area (Å²) in [5.41, 5.74) is 4.02. The normalized spacial score (nSPS) is 15.1. The van der Waals surface area contributed by atoms with Crippen molar-refractivity contribution >= 4 is 17.0 Å². The van der Waals surface area contributed by atoms with Crippen molar-refractivity contribution in [2.45, 2.75) is 6.92 Å². The first-order valence-electron chi connectivity index (χ1n) is 8.07. The molecule has 0 spiro atoms. The predicted octanol–water partition coefficient (Wildman–Crippen LogP) is 1.77. The average molecular weight is 324 g/mol. The minimum atomic E-state index is 0.811. The summed E-state index contributed by atoms with van der Waals surface area (Å²) in [6.45, 7) is 5.70. The smallest absolute Gasteiger partial charge is 0.200 e. The monoisotopic (exact) mass is 324 g/mol. The number of nitrogens with zero attached hydrogens (tertiary/aromatic N) is 6. The molecule has 2 aromatic heterocycles. The second-order valence-electron chi connectivity index (χ2n) is 5.92. The molecule has 0 atom stereocenters. The molecule has 7 heteroatoms. The molecule has 7 nitrogen and oxygen atoms in total. The second kappa shape index (κ2) is 5.99. The number of anilines is 2. The highest BCUT2D eigenvalue weighted by molar-refractivity contribution is 5.69. The predicted molar refractivity (Wildman–Crippen MR) is 92.9 cm³/mol. The lowest BCUT2D eigenvalue weighted by Crippen LogP contribution is -2.46. The number of hydrogen-bond donors (Lipinski definition) is 0. The van der Waals surface area contributed by atoms with Crippen molar-refractivity contribution in [1.82, 2.24) is 19.8 Å². The molecule has 0 saturated carbocycles. The molecule has 0 radical (unpaired) electrons. The van der Waals surface area contributed by atoms with E-state index in [4.69, 9.17) is 4.74 Å². The maximum absolute atomic E-state index is 5.49. The van der Waals surface area contributed by atoms with E-state index >= 15 is 0 Å². The van der Waals surface area contributed by atoms with Crippen molar-refractivity contribution in [3.63, 3.8) is 0 Å². The Balaban J connectivity index is 1.56. The number of benzene rings is 1. The molecule has 1 fully saturated rings. The van der Waals surface area contributed by atoms with E-state index in [0.29, 0.717) is 0 Å². The molecule has 124 valence electrons. The van der Waals surface area contributed by atoms with Crippen LogP contribution in [0.1, 0.15) is 5.69 Å². The van der Waals surface area contributed by atoms with Crippen LogP contribution >= 0.6 is 0 Å². The van der Waals surface area contributed by atoms with Crippen molar-refractivity contribution < 1.29 is 4.74 Å². The number of aryl methyl sites for hydroxylation is 1. The van der Waals surface area contributed by atoms with Gasteiger partial charge in [0.25, 0.3) is 0 Å². The number of rotatable bonds is 3. The largest absolute Gasteiger partial charge is 0.495 e. The molecule has 1 aliphatic heterocycles. The Hall–Kier alpha value is -2.83. The van der Waals surface area contributed by atoms with Gasteiger partial charge in [-0.15, -0.1) is 10.2 Å². The Bertz CT molecular complexity index is 853. The third-order valence-corrected chi connectivity index (χ3v) is 4.42. The van der Waals surface area contributed by atoms with Gasteiger partial charge in [-0.2, -0.15) is 9.61 Å². The molecule has 24 heavy (non-hydrogen) atoms. The Morgan fingerprint density at radius 2 is 1.71 bits per heavy atom. The molecule has 0 unspecified atom stereocenters. The molecule has 3 heterocycles. The first-order valence-corrected chi connectivity index (χ1v) is 8.07. The summed E-state index contributed by atoms with van der Waals surface area (Å²) in [4.78, 5) is 4.72. The maximum atomic E-state index is 5.49. The van der Waals surface area contributed by atoms with Crippen LogP contribution in [0.2, 0.25) is 0 Å². The lowest BCUT2D eigenvalue weighted by atomic mass is 10.2. The van der Waals surface area contributed by atoms with Crippen LogP contribution in [0, 0.1) is 6.92 Å². The summed E-state index contributed by atoms with van der Waals surface area (Å²) >= 11 is 0. The van der Waals surface area contributed by atoms with Crippen molar-refractivity contribution in [3.05, 3.63) is 42.4 Å². The number of aromatic nitrogens is 4. The summed E-state index contributed by atoms with van der Waals surface area (Å²) in [5.74, 6) is 0.922. The van der Waals surface area contributed by atoms with E-state index in [-0.39, 0.29) is 0 Å². The standard InChI is InChI=1S/C17H20N6O/c1-13-11-15(17-19-18-12-23(17)20-13)22-9-7-21(8-10-22)14-5-3-4-6-16(14)24-2/h3-6,11-12H,7-10H2,1-2H3. The maximum Gasteiger partial charge on any atom is 0.200 e. The Morgan fingerprint density at radius 3 is 2.46 bits per heavy atom. The molecular weight excluding hydrogens is 304 g/mol. The topological polar surface area (TPSA) is 58.8 Å². The van der Waals surface area contributed by atoms with Gasteiger partial charge in [0.2, 0.25) is 5.65 Å². The number of methoxy groups -OCH3 is 1. The molecular formula is C17H20N6O. The van der Waals surface area contributed by atoms with Crippen molar-refractivity contribution in [2.75, 3.05) is 43.1 Å². The molecule has 0 aliphatic carbocycles. The SMILES string of the molecule is COc1ccccc1N1CCN(c2cc(C)nn3cnnc23)CC1. The number of ether oxygens (including phenoxy) is 1. The van der Waals surface area contributed by atoms with Gasteiger partial charge in [0.05, 0.1) is 24.2 Å². The van der Waals surface area contributed by atoms with Crippen molar-refractivity contribution in [1.29, 1.82) is 0 Å². The van der Waals surface area contributed by atoms with E-state index in [9.17, 15) is 0 Å². The van der Waals surface area contributed by atoms with Gasteiger partial charge < -0.3 is 14.5 Å². The van der Waals surface area contributed by atoms with Crippen LogP contribution in [0.4, 0.5) is 11.4 Å². The second-order valence-corrected chi connectivity index (χ2v) is 5.92. The fourth-order valence-electron chi connectivity index (χ4n) is 3.24. The first-order chi connectivity index (χ1) is 11.8. The van der Waals surface area contributed by atoms with E-state index in [1.165, 1.54) is 0 Å². The van der Waals surface area contributed by atoms with Gasteiger partial charge in [0, 0.05) is 26.2 Å². The van der Waals surface area contributed by atoms with E-state index in [1.807, 2.05) is 19.1 Å². The lowest BCUT2D eigenvalue weighted by Gasteiger charge is -2.37. The van der Waals surface area contributed by atoms with Gasteiger partial charge >= 0.3 is 0 Å².